The molecule has 0 aromatic carbocycles. The number of aromatic nitrogens is 1. The first-order chi connectivity index (χ1) is 6.13. The third kappa shape index (κ3) is 3.08. The Balaban J connectivity index is 2.83. The highest BCUT2D eigenvalue weighted by atomic mass is 79.9. The lowest BCUT2D eigenvalue weighted by molar-refractivity contribution is -0.0528. The molecule has 0 aliphatic heterocycles. The van der Waals surface area contributed by atoms with Crippen LogP contribution in [0.2, 0.25) is 5.15 Å². The van der Waals surface area contributed by atoms with E-state index in [1.807, 2.05) is 0 Å². The van der Waals surface area contributed by atoms with Gasteiger partial charge in [0.15, 0.2) is 0 Å². The van der Waals surface area contributed by atoms with Gasteiger partial charge < -0.3 is 4.74 Å². The second-order valence-electron chi connectivity index (χ2n) is 2.11. The molecule has 6 heteroatoms. The van der Waals surface area contributed by atoms with Crippen LogP contribution in [0.5, 0.6) is 5.88 Å². The van der Waals surface area contributed by atoms with Gasteiger partial charge in [-0.3, -0.25) is 0 Å². The molecule has 13 heavy (non-hydrogen) atoms. The highest BCUT2D eigenvalue weighted by molar-refractivity contribution is 9.08. The van der Waals surface area contributed by atoms with Gasteiger partial charge in [-0.15, -0.1) is 0 Å². The molecular formula is C7H5BrClF2NO. The zero-order valence-corrected chi connectivity index (χ0v) is 8.65. The van der Waals surface area contributed by atoms with Crippen molar-refractivity contribution in [2.45, 2.75) is 11.9 Å². The lowest BCUT2D eigenvalue weighted by atomic mass is 10.3. The molecule has 1 aromatic rings. The van der Waals surface area contributed by atoms with Gasteiger partial charge in [0.05, 0.1) is 0 Å². The fraction of sp³-hybridized carbons (Fsp3) is 0.286. The van der Waals surface area contributed by atoms with E-state index < -0.39 is 6.61 Å². The Labute approximate surface area is 87.0 Å². The summed E-state index contributed by atoms with van der Waals surface area (Å²) in [5.41, 5.74) is 0.725. The minimum atomic E-state index is -2.88. The molecule has 1 aromatic heterocycles. The van der Waals surface area contributed by atoms with Gasteiger partial charge >= 0.3 is 6.61 Å². The van der Waals surface area contributed by atoms with Crippen LogP contribution in [0.3, 0.4) is 0 Å². The largest absolute Gasteiger partial charge is 0.417 e. The minimum Gasteiger partial charge on any atom is -0.417 e. The Bertz CT molecular complexity index is 298. The van der Waals surface area contributed by atoms with Crippen LogP contribution in [0.1, 0.15) is 5.56 Å². The number of rotatable bonds is 3. The van der Waals surface area contributed by atoms with Crippen molar-refractivity contribution in [3.8, 4) is 5.88 Å². The van der Waals surface area contributed by atoms with Crippen molar-refractivity contribution in [2.24, 2.45) is 0 Å². The van der Waals surface area contributed by atoms with E-state index in [0.717, 1.165) is 5.56 Å². The molecule has 0 saturated carbocycles. The van der Waals surface area contributed by atoms with Crippen LogP contribution in [0.25, 0.3) is 0 Å². The first-order valence-corrected chi connectivity index (χ1v) is 4.79. The van der Waals surface area contributed by atoms with E-state index in [9.17, 15) is 8.78 Å². The topological polar surface area (TPSA) is 22.1 Å². The molecule has 0 aliphatic rings. The van der Waals surface area contributed by atoms with Gasteiger partial charge in [0, 0.05) is 17.0 Å². The van der Waals surface area contributed by atoms with Crippen LogP contribution in [-0.4, -0.2) is 11.6 Å². The highest BCUT2D eigenvalue weighted by Crippen LogP contribution is 2.20. The van der Waals surface area contributed by atoms with E-state index in [4.69, 9.17) is 11.6 Å². The number of ether oxygens (including phenoxy) is 1. The molecule has 2 nitrogen and oxygen atoms in total. The molecule has 0 amide bonds. The summed E-state index contributed by atoms with van der Waals surface area (Å²) in [4.78, 5) is 3.62. The first-order valence-electron chi connectivity index (χ1n) is 3.29. The minimum absolute atomic E-state index is 0.162. The van der Waals surface area contributed by atoms with Crippen molar-refractivity contribution in [3.63, 3.8) is 0 Å². The molecule has 0 unspecified atom stereocenters. The number of nitrogens with zero attached hydrogens (tertiary/aromatic N) is 1. The summed E-state index contributed by atoms with van der Waals surface area (Å²) >= 11 is 8.82. The van der Waals surface area contributed by atoms with Crippen LogP contribution in [-0.2, 0) is 5.33 Å². The average molecular weight is 272 g/mol. The van der Waals surface area contributed by atoms with E-state index in [2.05, 4.69) is 25.7 Å². The molecular weight excluding hydrogens is 267 g/mol. The molecule has 1 heterocycles. The number of hydrogen-bond donors (Lipinski definition) is 0. The van der Waals surface area contributed by atoms with E-state index in [1.54, 1.807) is 6.07 Å². The van der Waals surface area contributed by atoms with Crippen molar-refractivity contribution in [1.82, 2.24) is 4.98 Å². The Morgan fingerprint density at radius 2 is 2.23 bits per heavy atom. The third-order valence-electron chi connectivity index (χ3n) is 1.25. The van der Waals surface area contributed by atoms with Gasteiger partial charge in [-0.1, -0.05) is 27.5 Å². The van der Waals surface area contributed by atoms with Crippen LogP contribution in [0.4, 0.5) is 8.78 Å². The quantitative estimate of drug-likeness (QED) is 0.622. The van der Waals surface area contributed by atoms with Crippen LogP contribution in [0, 0.1) is 0 Å². The standard InChI is InChI=1S/C7H5BrClF2NO/c8-3-4-1-2-5(12-6(4)9)13-7(10)11/h1-2,7H,3H2. The van der Waals surface area contributed by atoms with Gasteiger partial charge in [0.1, 0.15) is 5.15 Å². The van der Waals surface area contributed by atoms with Gasteiger partial charge in [-0.2, -0.15) is 8.78 Å². The van der Waals surface area contributed by atoms with E-state index in [0.29, 0.717) is 5.33 Å². The summed E-state index contributed by atoms with van der Waals surface area (Å²) in [6.07, 6.45) is 0. The summed E-state index contributed by atoms with van der Waals surface area (Å²) in [5, 5.41) is 0.684. The zero-order valence-electron chi connectivity index (χ0n) is 6.31. The summed E-state index contributed by atoms with van der Waals surface area (Å²) in [6, 6.07) is 2.91. The number of halogens is 4. The molecule has 0 atom stereocenters. The Morgan fingerprint density at radius 3 is 2.69 bits per heavy atom. The summed E-state index contributed by atoms with van der Waals surface area (Å²) in [5.74, 6) is -0.176. The summed E-state index contributed by atoms with van der Waals surface area (Å²) in [7, 11) is 0. The lowest BCUT2D eigenvalue weighted by Crippen LogP contribution is -2.03. The van der Waals surface area contributed by atoms with Gasteiger partial charge in [-0.05, 0) is 6.07 Å². The molecule has 0 aliphatic carbocycles. The van der Waals surface area contributed by atoms with Crippen molar-refractivity contribution in [1.29, 1.82) is 0 Å². The predicted molar refractivity (Wildman–Crippen MR) is 48.5 cm³/mol. The maximum Gasteiger partial charge on any atom is 0.388 e. The SMILES string of the molecule is FC(F)Oc1ccc(CBr)c(Cl)n1. The molecule has 1 rings (SSSR count). The normalized spacial score (nSPS) is 10.5. The lowest BCUT2D eigenvalue weighted by Gasteiger charge is -2.04. The fourth-order valence-electron chi connectivity index (χ4n) is 0.703. The molecule has 0 saturated heterocycles. The monoisotopic (exact) mass is 271 g/mol. The molecule has 0 spiro atoms. The molecule has 72 valence electrons. The number of hydrogen-bond acceptors (Lipinski definition) is 2. The summed E-state index contributed by atoms with van der Waals surface area (Å²) in [6.45, 7) is -2.88. The van der Waals surface area contributed by atoms with E-state index >= 15 is 0 Å². The van der Waals surface area contributed by atoms with E-state index in [1.165, 1.54) is 6.07 Å². The Hall–Kier alpha value is -0.420. The fourth-order valence-corrected chi connectivity index (χ4v) is 1.53. The Kier molecular flexibility index (Phi) is 3.87. The number of alkyl halides is 3. The first kappa shape index (κ1) is 10.7. The number of pyridine rings is 1. The van der Waals surface area contributed by atoms with Gasteiger partial charge in [0.2, 0.25) is 5.88 Å². The molecule has 0 radical (unpaired) electrons. The van der Waals surface area contributed by atoms with Crippen molar-refractivity contribution < 1.29 is 13.5 Å². The molecule has 0 bridgehead atoms. The second kappa shape index (κ2) is 4.72. The van der Waals surface area contributed by atoms with Crippen LogP contribution < -0.4 is 4.74 Å². The predicted octanol–water partition coefficient (Wildman–Crippen LogP) is 3.23. The second-order valence-corrected chi connectivity index (χ2v) is 3.03. The van der Waals surface area contributed by atoms with E-state index in [-0.39, 0.29) is 11.0 Å². The highest BCUT2D eigenvalue weighted by Gasteiger charge is 2.07. The third-order valence-corrected chi connectivity index (χ3v) is 2.19. The zero-order chi connectivity index (χ0) is 9.84. The summed E-state index contributed by atoms with van der Waals surface area (Å²) < 4.78 is 27.5. The average Bonchev–Trinajstić information content (AvgIpc) is 2.03. The molecule has 0 N–H and O–H groups in total. The van der Waals surface area contributed by atoms with Crippen molar-refractivity contribution >= 4 is 27.5 Å². The van der Waals surface area contributed by atoms with Crippen LogP contribution in [0.15, 0.2) is 12.1 Å². The van der Waals surface area contributed by atoms with Gasteiger partial charge in [0.25, 0.3) is 0 Å². The van der Waals surface area contributed by atoms with Crippen LogP contribution >= 0.6 is 27.5 Å². The molecule has 0 fully saturated rings. The maximum absolute atomic E-state index is 11.7. The van der Waals surface area contributed by atoms with Crippen molar-refractivity contribution in [3.05, 3.63) is 22.8 Å². The van der Waals surface area contributed by atoms with Gasteiger partial charge in [-0.25, -0.2) is 4.98 Å². The maximum atomic E-state index is 11.7. The van der Waals surface area contributed by atoms with Crippen molar-refractivity contribution in [2.75, 3.05) is 0 Å². The smallest absolute Gasteiger partial charge is 0.388 e. The Morgan fingerprint density at radius 1 is 1.54 bits per heavy atom.